The number of anilines is 1. The van der Waals surface area contributed by atoms with Crippen LogP contribution in [0.15, 0.2) is 65.4 Å². The van der Waals surface area contributed by atoms with Crippen molar-refractivity contribution in [2.45, 2.75) is 40.2 Å². The molecule has 5 aromatic rings. The van der Waals surface area contributed by atoms with Crippen LogP contribution < -0.4 is 5.32 Å². The molecule has 0 saturated carbocycles. The van der Waals surface area contributed by atoms with Crippen LogP contribution in [0, 0.1) is 20.8 Å². The summed E-state index contributed by atoms with van der Waals surface area (Å²) >= 11 is 6.18. The molecular weight excluding hydrogens is 486 g/mol. The molecule has 0 aliphatic carbocycles. The molecule has 0 radical (unpaired) electrons. The highest BCUT2D eigenvalue weighted by Gasteiger charge is 2.18. The van der Waals surface area contributed by atoms with Crippen LogP contribution in [0.4, 0.5) is 5.82 Å². The number of hydrogen-bond donors (Lipinski definition) is 1. The van der Waals surface area contributed by atoms with E-state index in [9.17, 15) is 4.79 Å². The lowest BCUT2D eigenvalue weighted by Crippen LogP contribution is -2.11. The summed E-state index contributed by atoms with van der Waals surface area (Å²) in [5, 5.41) is 8.96. The highest BCUT2D eigenvalue weighted by atomic mass is 35.5. The quantitative estimate of drug-likeness (QED) is 0.232. The van der Waals surface area contributed by atoms with Gasteiger partial charge in [0.1, 0.15) is 11.6 Å². The zero-order valence-corrected chi connectivity index (χ0v) is 21.6. The lowest BCUT2D eigenvalue weighted by molar-refractivity contribution is 0.0973. The Labute approximate surface area is 219 Å². The van der Waals surface area contributed by atoms with Gasteiger partial charge >= 0.3 is 0 Å². The minimum absolute atomic E-state index is 0.112. The number of hydrogen-bond acceptors (Lipinski definition) is 7. The number of fused-ring (bicyclic) bond motifs is 1. The van der Waals surface area contributed by atoms with E-state index in [1.165, 1.54) is 0 Å². The molecule has 0 aliphatic rings. The third-order valence-electron chi connectivity index (χ3n) is 6.37. The van der Waals surface area contributed by atoms with Crippen molar-refractivity contribution in [3.63, 3.8) is 0 Å². The molecule has 7 nitrogen and oxygen atoms in total. The maximum atomic E-state index is 13.2. The van der Waals surface area contributed by atoms with Crippen LogP contribution in [0.2, 0.25) is 5.02 Å². The fourth-order valence-electron chi connectivity index (χ4n) is 4.41. The van der Waals surface area contributed by atoms with Crippen molar-refractivity contribution < 1.29 is 9.32 Å². The van der Waals surface area contributed by atoms with Gasteiger partial charge in [-0.25, -0.2) is 9.97 Å². The Kier molecular flexibility index (Phi) is 6.97. The third-order valence-corrected chi connectivity index (χ3v) is 6.61. The van der Waals surface area contributed by atoms with E-state index >= 15 is 0 Å². The van der Waals surface area contributed by atoms with Crippen LogP contribution in [-0.2, 0) is 13.0 Å². The van der Waals surface area contributed by atoms with E-state index in [0.29, 0.717) is 35.7 Å². The first-order chi connectivity index (χ1) is 17.9. The van der Waals surface area contributed by atoms with Gasteiger partial charge < -0.3 is 9.84 Å². The Morgan fingerprint density at radius 2 is 1.92 bits per heavy atom. The van der Waals surface area contributed by atoms with Gasteiger partial charge in [-0.05, 0) is 79.8 Å². The van der Waals surface area contributed by atoms with Crippen LogP contribution in [0.1, 0.15) is 45.2 Å². The summed E-state index contributed by atoms with van der Waals surface area (Å²) in [4.78, 5) is 26.6. The van der Waals surface area contributed by atoms with Gasteiger partial charge in [-0.2, -0.15) is 0 Å². The number of aromatic nitrogens is 4. The molecule has 0 unspecified atom stereocenters. The maximum Gasteiger partial charge on any atom is 0.200 e. The Morgan fingerprint density at radius 3 is 2.68 bits per heavy atom. The molecular formula is C29H26ClN5O2. The number of carbonyl (C=O) groups excluding carboxylic acids is 1. The smallest absolute Gasteiger partial charge is 0.200 e. The van der Waals surface area contributed by atoms with E-state index in [-0.39, 0.29) is 11.6 Å². The molecule has 0 aliphatic heterocycles. The monoisotopic (exact) mass is 511 g/mol. The van der Waals surface area contributed by atoms with E-state index in [4.69, 9.17) is 16.1 Å². The summed E-state index contributed by atoms with van der Waals surface area (Å²) in [5.74, 6) is 1.41. The van der Waals surface area contributed by atoms with Crippen molar-refractivity contribution in [3.8, 4) is 11.1 Å². The van der Waals surface area contributed by atoms with E-state index in [2.05, 4.69) is 25.4 Å². The van der Waals surface area contributed by atoms with Crippen molar-refractivity contribution in [1.82, 2.24) is 20.1 Å². The summed E-state index contributed by atoms with van der Waals surface area (Å²) in [6.45, 7) is 6.29. The predicted molar refractivity (Wildman–Crippen MR) is 145 cm³/mol. The first-order valence-electron chi connectivity index (χ1n) is 12.0. The largest absolute Gasteiger partial charge is 0.365 e. The first-order valence-corrected chi connectivity index (χ1v) is 12.4. The number of benzene rings is 2. The van der Waals surface area contributed by atoms with Gasteiger partial charge in [-0.3, -0.25) is 9.78 Å². The zero-order valence-electron chi connectivity index (χ0n) is 20.9. The van der Waals surface area contributed by atoms with Gasteiger partial charge in [-0.15, -0.1) is 0 Å². The maximum absolute atomic E-state index is 13.2. The van der Waals surface area contributed by atoms with E-state index < -0.39 is 0 Å². The molecule has 3 heterocycles. The van der Waals surface area contributed by atoms with Crippen molar-refractivity contribution in [3.05, 3.63) is 99.9 Å². The SMILES string of the molecule is Cc1cnccc1CCC(=O)c1nc(NCc2cccc(Cl)c2)c2cc(-c3c(C)noc3C)ccc2n1. The molecule has 2 aromatic carbocycles. The summed E-state index contributed by atoms with van der Waals surface area (Å²) in [6.07, 6.45) is 4.46. The Morgan fingerprint density at radius 1 is 1.05 bits per heavy atom. The Balaban J connectivity index is 1.51. The molecule has 37 heavy (non-hydrogen) atoms. The molecule has 8 heteroatoms. The fraction of sp³-hybridized carbons (Fsp3) is 0.207. The molecule has 0 amide bonds. The van der Waals surface area contributed by atoms with Crippen molar-refractivity contribution >= 4 is 34.1 Å². The fourth-order valence-corrected chi connectivity index (χ4v) is 4.63. The lowest BCUT2D eigenvalue weighted by atomic mass is 10.0. The average molecular weight is 512 g/mol. The number of Topliss-reactive ketones (excluding diaryl/α,β-unsaturated/α-hetero) is 1. The lowest BCUT2D eigenvalue weighted by Gasteiger charge is -2.12. The number of nitrogens with one attached hydrogen (secondary N) is 1. The topological polar surface area (TPSA) is 93.8 Å². The highest BCUT2D eigenvalue weighted by Crippen LogP contribution is 2.32. The normalized spacial score (nSPS) is 11.1. The van der Waals surface area contributed by atoms with E-state index in [1.807, 2.05) is 69.3 Å². The summed E-state index contributed by atoms with van der Waals surface area (Å²) in [7, 11) is 0. The molecule has 0 spiro atoms. The number of pyridine rings is 1. The van der Waals surface area contributed by atoms with Crippen LogP contribution >= 0.6 is 11.6 Å². The Bertz CT molecular complexity index is 1590. The van der Waals surface area contributed by atoms with Crippen LogP contribution in [-0.4, -0.2) is 25.9 Å². The average Bonchev–Trinajstić information content (AvgIpc) is 3.23. The molecule has 3 aromatic heterocycles. The third kappa shape index (κ3) is 5.37. The molecule has 0 bridgehead atoms. The first kappa shape index (κ1) is 24.6. The highest BCUT2D eigenvalue weighted by molar-refractivity contribution is 6.30. The standard InChI is InChI=1S/C29H26ClN5O2/c1-17-15-31-12-11-21(17)8-10-26(36)29-33-25-9-7-22(27-18(2)35-37-19(27)3)14-24(25)28(34-29)32-16-20-5-4-6-23(30)13-20/h4-7,9,11-15H,8,10,16H2,1-3H3,(H,32,33,34). The van der Waals surface area contributed by atoms with Gasteiger partial charge in [0.05, 0.1) is 11.2 Å². The summed E-state index contributed by atoms with van der Waals surface area (Å²) in [6, 6.07) is 15.5. The van der Waals surface area contributed by atoms with Gasteiger partial charge in [0.2, 0.25) is 0 Å². The van der Waals surface area contributed by atoms with E-state index in [0.717, 1.165) is 44.7 Å². The summed E-state index contributed by atoms with van der Waals surface area (Å²) in [5.41, 5.74) is 6.54. The predicted octanol–water partition coefficient (Wildman–Crippen LogP) is 6.69. The van der Waals surface area contributed by atoms with Gasteiger partial charge in [0.15, 0.2) is 11.6 Å². The second-order valence-corrected chi connectivity index (χ2v) is 9.47. The zero-order chi connectivity index (χ0) is 25.9. The molecule has 5 rings (SSSR count). The van der Waals surface area contributed by atoms with Crippen molar-refractivity contribution in [1.29, 1.82) is 0 Å². The second-order valence-electron chi connectivity index (χ2n) is 9.04. The molecule has 0 saturated heterocycles. The minimum atomic E-state index is -0.112. The summed E-state index contributed by atoms with van der Waals surface area (Å²) < 4.78 is 5.37. The molecule has 0 fully saturated rings. The van der Waals surface area contributed by atoms with Crippen LogP contribution in [0.3, 0.4) is 0 Å². The minimum Gasteiger partial charge on any atom is -0.365 e. The number of aryl methyl sites for hydroxylation is 4. The van der Waals surface area contributed by atoms with Gasteiger partial charge in [-0.1, -0.05) is 35.0 Å². The second kappa shape index (κ2) is 10.5. The number of rotatable bonds is 8. The van der Waals surface area contributed by atoms with Crippen molar-refractivity contribution in [2.24, 2.45) is 0 Å². The Hall–Kier alpha value is -4.10. The van der Waals surface area contributed by atoms with Crippen LogP contribution in [0.5, 0.6) is 0 Å². The van der Waals surface area contributed by atoms with Crippen molar-refractivity contribution in [2.75, 3.05) is 5.32 Å². The number of nitrogens with zero attached hydrogens (tertiary/aromatic N) is 4. The molecule has 1 N–H and O–H groups in total. The van der Waals surface area contributed by atoms with Crippen LogP contribution in [0.25, 0.3) is 22.0 Å². The number of ketones is 1. The molecule has 0 atom stereocenters. The molecule has 186 valence electrons. The van der Waals surface area contributed by atoms with Gasteiger partial charge in [0.25, 0.3) is 0 Å². The van der Waals surface area contributed by atoms with Gasteiger partial charge in [0, 0.05) is 41.3 Å². The number of carbonyl (C=O) groups is 1. The van der Waals surface area contributed by atoms with E-state index in [1.54, 1.807) is 12.4 Å². The number of halogens is 1.